The van der Waals surface area contributed by atoms with E-state index >= 15 is 0 Å². The molecule has 0 nitrogen and oxygen atoms in total. The van der Waals surface area contributed by atoms with Gasteiger partial charge in [0, 0.05) is 0 Å². The number of halogens is 2. The second-order valence-corrected chi connectivity index (χ2v) is 13.4. The standard InChI is InChI=1S/C35H30.2ClH.Ti/c1-23-21-27-17-11-19-29(25-13-7-5-8-14-25)31(27)33(23)35(3,4)34-24(2)22-28-18-12-20-30(32(28)34)26-15-9-6-10-16-26;;;/h5-22H,1-4H3;2*1H;/q;;;+2/p-2. The number of rotatable bonds is 2. The summed E-state index contributed by atoms with van der Waals surface area (Å²) in [5.74, 6) is 0. The fourth-order valence-corrected chi connectivity index (χ4v) is 10.4. The van der Waals surface area contributed by atoms with Gasteiger partial charge in [0.05, 0.1) is 0 Å². The van der Waals surface area contributed by atoms with Crippen LogP contribution in [0.5, 0.6) is 0 Å². The van der Waals surface area contributed by atoms with Crippen molar-refractivity contribution in [2.24, 2.45) is 5.41 Å². The van der Waals surface area contributed by atoms with Gasteiger partial charge in [-0.3, -0.25) is 0 Å². The average molecular weight is 569 g/mol. The predicted molar refractivity (Wildman–Crippen MR) is 148 cm³/mol. The Bertz CT molecular complexity index is 1480. The van der Waals surface area contributed by atoms with Crippen LogP contribution in [0.2, 0.25) is 0 Å². The van der Waals surface area contributed by atoms with Crippen molar-refractivity contribution in [2.75, 3.05) is 0 Å². The molecule has 2 unspecified atom stereocenters. The molecule has 38 heavy (non-hydrogen) atoms. The molecule has 2 atom stereocenters. The van der Waals surface area contributed by atoms with E-state index in [2.05, 4.69) is 125 Å². The minimum Gasteiger partial charge on any atom is -1.00 e. The van der Waals surface area contributed by atoms with Crippen LogP contribution in [0.3, 0.4) is 0 Å². The van der Waals surface area contributed by atoms with Crippen LogP contribution in [0.1, 0.15) is 58.4 Å². The third-order valence-corrected chi connectivity index (χ3v) is 12.1. The van der Waals surface area contributed by atoms with Crippen LogP contribution in [0, 0.1) is 5.41 Å². The summed E-state index contributed by atoms with van der Waals surface area (Å²) < 4.78 is 1.18. The number of hydrogen-bond donors (Lipinski definition) is 0. The molecule has 0 aromatic heterocycles. The van der Waals surface area contributed by atoms with Crippen molar-refractivity contribution in [1.29, 1.82) is 0 Å². The zero-order valence-electron chi connectivity index (χ0n) is 22.1. The van der Waals surface area contributed by atoms with Crippen molar-refractivity contribution in [3.63, 3.8) is 0 Å². The number of benzene rings is 4. The summed E-state index contributed by atoms with van der Waals surface area (Å²) in [5.41, 5.74) is 18.0. The molecule has 4 aromatic rings. The molecule has 0 radical (unpaired) electrons. The Kier molecular flexibility index (Phi) is 7.16. The summed E-state index contributed by atoms with van der Waals surface area (Å²) in [6, 6.07) is 36.2. The van der Waals surface area contributed by atoms with Gasteiger partial charge in [-0.25, -0.2) is 0 Å². The van der Waals surface area contributed by atoms with Gasteiger partial charge in [-0.15, -0.1) is 0 Å². The van der Waals surface area contributed by atoms with Crippen molar-refractivity contribution in [1.82, 2.24) is 0 Å². The van der Waals surface area contributed by atoms with E-state index in [0.29, 0.717) is 8.45 Å². The monoisotopic (exact) mass is 568 g/mol. The van der Waals surface area contributed by atoms with Crippen LogP contribution in [0.25, 0.3) is 33.4 Å². The zero-order valence-corrected chi connectivity index (χ0v) is 25.2. The molecule has 0 saturated heterocycles. The third kappa shape index (κ3) is 3.76. The maximum Gasteiger partial charge on any atom is -1.00 e. The van der Waals surface area contributed by atoms with Crippen LogP contribution in [-0.2, 0) is 19.2 Å². The first-order valence-corrected chi connectivity index (χ1v) is 14.8. The summed E-state index contributed by atoms with van der Waals surface area (Å²) in [6.07, 6.45) is 0. The largest absolute Gasteiger partial charge is 1.00 e. The van der Waals surface area contributed by atoms with Crippen molar-refractivity contribution < 1.29 is 44.0 Å². The first kappa shape index (κ1) is 27.2. The molecule has 0 spiro atoms. The second-order valence-electron chi connectivity index (χ2n) is 11.0. The summed E-state index contributed by atoms with van der Waals surface area (Å²) in [5, 5.41) is 0. The molecule has 1 heterocycles. The van der Waals surface area contributed by atoms with Gasteiger partial charge in [0.2, 0.25) is 0 Å². The second kappa shape index (κ2) is 10.00. The van der Waals surface area contributed by atoms with E-state index in [4.69, 9.17) is 0 Å². The van der Waals surface area contributed by atoms with Gasteiger partial charge in [-0.05, 0) is 0 Å². The molecule has 3 heteroatoms. The molecule has 0 fully saturated rings. The van der Waals surface area contributed by atoms with Gasteiger partial charge >= 0.3 is 225 Å². The zero-order chi connectivity index (χ0) is 24.6. The van der Waals surface area contributed by atoms with Gasteiger partial charge in [0.25, 0.3) is 0 Å². The first-order valence-electron chi connectivity index (χ1n) is 13.0. The van der Waals surface area contributed by atoms with E-state index in [0.717, 1.165) is 0 Å². The number of allylic oxidation sites excluding steroid dienone is 4. The molecule has 0 saturated carbocycles. The Morgan fingerprint density at radius 1 is 0.526 bits per heavy atom. The van der Waals surface area contributed by atoms with Gasteiger partial charge in [0.1, 0.15) is 0 Å². The molecular formula is C35H30Cl2Ti. The van der Waals surface area contributed by atoms with Gasteiger partial charge < -0.3 is 24.8 Å². The Morgan fingerprint density at radius 2 is 0.921 bits per heavy atom. The Morgan fingerprint density at radius 3 is 1.32 bits per heavy atom. The first-order chi connectivity index (χ1) is 17.5. The SMILES string of the molecule is CC1=C2c3c(-c4ccccc4)cccc3[CH]1[Ti+2][CH]1C(C)=C(c3c(-c4ccccc4)cccc31)C2(C)C.[Cl-].[Cl-]. The van der Waals surface area contributed by atoms with Crippen molar-refractivity contribution in [2.45, 2.75) is 36.1 Å². The minimum absolute atomic E-state index is 0. The normalized spacial score (nSPS) is 19.7. The molecule has 188 valence electrons. The van der Waals surface area contributed by atoms with E-state index in [1.54, 1.807) is 33.4 Å². The van der Waals surface area contributed by atoms with E-state index in [9.17, 15) is 0 Å². The fourth-order valence-electron chi connectivity index (χ4n) is 7.38. The van der Waals surface area contributed by atoms with Crippen LogP contribution in [-0.4, -0.2) is 0 Å². The molecule has 1 aliphatic heterocycles. The number of fused-ring (bicyclic) bond motifs is 8. The molecule has 0 amide bonds. The summed E-state index contributed by atoms with van der Waals surface area (Å²) in [7, 11) is 0. The molecule has 4 aromatic carbocycles. The van der Waals surface area contributed by atoms with Crippen LogP contribution in [0.4, 0.5) is 0 Å². The van der Waals surface area contributed by atoms with Crippen LogP contribution >= 0.6 is 0 Å². The van der Waals surface area contributed by atoms with Crippen molar-refractivity contribution in [3.05, 3.63) is 130 Å². The Labute approximate surface area is 248 Å². The third-order valence-electron chi connectivity index (χ3n) is 8.72. The topological polar surface area (TPSA) is 0 Å². The van der Waals surface area contributed by atoms with Gasteiger partial charge in [-0.2, -0.15) is 0 Å². The molecule has 0 N–H and O–H groups in total. The average Bonchev–Trinajstić information content (AvgIpc) is 3.37. The number of hydrogen-bond acceptors (Lipinski definition) is 0. The van der Waals surface area contributed by atoms with E-state index in [1.807, 2.05) is 0 Å². The van der Waals surface area contributed by atoms with Gasteiger partial charge in [-0.1, -0.05) is 0 Å². The van der Waals surface area contributed by atoms with Gasteiger partial charge in [0.15, 0.2) is 0 Å². The molecule has 3 aliphatic rings. The van der Waals surface area contributed by atoms with Crippen molar-refractivity contribution >= 4 is 11.1 Å². The van der Waals surface area contributed by atoms with Crippen LogP contribution in [0.15, 0.2) is 108 Å². The molecular weight excluding hydrogens is 539 g/mol. The maximum atomic E-state index is 2.50. The Balaban J connectivity index is 0.00000147. The molecule has 4 bridgehead atoms. The summed E-state index contributed by atoms with van der Waals surface area (Å²) >= 11 is -0.340. The Hall–Kier alpha value is -2.35. The molecule has 7 rings (SSSR count). The molecule has 2 aliphatic carbocycles. The summed E-state index contributed by atoms with van der Waals surface area (Å²) in [4.78, 5) is 0. The smallest absolute Gasteiger partial charge is 1.00 e. The van der Waals surface area contributed by atoms with E-state index < -0.39 is 0 Å². The van der Waals surface area contributed by atoms with E-state index in [-0.39, 0.29) is 49.4 Å². The summed E-state index contributed by atoms with van der Waals surface area (Å²) in [6.45, 7) is 9.89. The quantitative estimate of drug-likeness (QED) is 0.325. The predicted octanol–water partition coefficient (Wildman–Crippen LogP) is 3.51. The maximum absolute atomic E-state index is 2.50. The van der Waals surface area contributed by atoms with E-state index in [1.165, 1.54) is 33.4 Å². The van der Waals surface area contributed by atoms with Crippen LogP contribution < -0.4 is 24.8 Å². The minimum atomic E-state index is -0.340. The fraction of sp³-hybridized carbons (Fsp3) is 0.200. The van der Waals surface area contributed by atoms with Crippen molar-refractivity contribution in [3.8, 4) is 22.3 Å².